The third kappa shape index (κ3) is 4.34. The van der Waals surface area contributed by atoms with Crippen molar-refractivity contribution in [2.45, 2.75) is 52.6 Å². The van der Waals surface area contributed by atoms with E-state index in [4.69, 9.17) is 0 Å². The third-order valence-corrected chi connectivity index (χ3v) is 5.69. The summed E-state index contributed by atoms with van der Waals surface area (Å²) in [5, 5.41) is 7.07. The fraction of sp³-hybridized carbons (Fsp3) is 0.524. The Kier molecular flexibility index (Phi) is 5.72. The van der Waals surface area contributed by atoms with Crippen LogP contribution in [0, 0.1) is 17.0 Å². The second-order valence-corrected chi connectivity index (χ2v) is 8.35. The number of rotatable bonds is 7. The van der Waals surface area contributed by atoms with Gasteiger partial charge >= 0.3 is 0 Å². The normalized spacial score (nSPS) is 17.4. The zero-order valence-electron chi connectivity index (χ0n) is 17.3. The van der Waals surface area contributed by atoms with E-state index < -0.39 is 11.6 Å². The number of nitrogens with one attached hydrogen (secondary N) is 1. The maximum atomic E-state index is 13.4. The molecule has 2 heterocycles. The molecule has 0 fully saturated rings. The lowest BCUT2D eigenvalue weighted by Gasteiger charge is -2.32. The van der Waals surface area contributed by atoms with Crippen molar-refractivity contribution in [1.29, 1.82) is 0 Å². The second kappa shape index (κ2) is 7.89. The van der Waals surface area contributed by atoms with Gasteiger partial charge in [0.05, 0.1) is 0 Å². The van der Waals surface area contributed by atoms with Gasteiger partial charge in [-0.1, -0.05) is 27.2 Å². The SMILES string of the molecule is CCC(C)(C)CC1=CN(C)C(CCc2nc(-c3ccc(F)c(F)c3)n[nH]2)N1C. The van der Waals surface area contributed by atoms with Crippen molar-refractivity contribution in [1.82, 2.24) is 25.0 Å². The Morgan fingerprint density at radius 3 is 2.61 bits per heavy atom. The van der Waals surface area contributed by atoms with Gasteiger partial charge in [0, 0.05) is 38.0 Å². The van der Waals surface area contributed by atoms with Crippen molar-refractivity contribution in [3.63, 3.8) is 0 Å². The smallest absolute Gasteiger partial charge is 0.181 e. The lowest BCUT2D eigenvalue weighted by Crippen LogP contribution is -2.36. The Bertz CT molecular complexity index is 858. The standard InChI is InChI=1S/C21H29F2N5/c1-6-21(2,3)12-15-13-27(4)19(28(15)5)10-9-18-24-20(26-25-18)14-7-8-16(22)17(23)11-14/h7-8,11,13,19H,6,9-10,12H2,1-5H3,(H,24,25,26). The molecule has 1 aliphatic heterocycles. The summed E-state index contributed by atoms with van der Waals surface area (Å²) < 4.78 is 26.5. The molecule has 2 aromatic rings. The summed E-state index contributed by atoms with van der Waals surface area (Å²) in [5.41, 5.74) is 2.08. The predicted molar refractivity (Wildman–Crippen MR) is 106 cm³/mol. The molecule has 3 rings (SSSR count). The Labute approximate surface area is 165 Å². The molecule has 1 aromatic carbocycles. The highest BCUT2D eigenvalue weighted by molar-refractivity contribution is 5.54. The van der Waals surface area contributed by atoms with Gasteiger partial charge in [0.25, 0.3) is 0 Å². The third-order valence-electron chi connectivity index (χ3n) is 5.69. The Balaban J connectivity index is 1.62. The molecule has 7 heteroatoms. The minimum Gasteiger partial charge on any atom is -0.359 e. The number of hydrogen-bond acceptors (Lipinski definition) is 4. The van der Waals surface area contributed by atoms with Gasteiger partial charge in [-0.25, -0.2) is 13.8 Å². The van der Waals surface area contributed by atoms with E-state index in [1.165, 1.54) is 11.8 Å². The van der Waals surface area contributed by atoms with Crippen LogP contribution < -0.4 is 0 Å². The zero-order valence-corrected chi connectivity index (χ0v) is 17.3. The summed E-state index contributed by atoms with van der Waals surface area (Å²) in [6.45, 7) is 6.82. The molecule has 0 saturated heterocycles. The fourth-order valence-electron chi connectivity index (χ4n) is 3.50. The predicted octanol–water partition coefficient (Wildman–Crippen LogP) is 4.55. The van der Waals surface area contributed by atoms with Crippen LogP contribution in [0.3, 0.4) is 0 Å². The summed E-state index contributed by atoms with van der Waals surface area (Å²) in [4.78, 5) is 9.03. The number of allylic oxidation sites excluding steroid dienone is 1. The molecule has 1 N–H and O–H groups in total. The molecular formula is C21H29F2N5. The largest absolute Gasteiger partial charge is 0.359 e. The minimum atomic E-state index is -0.897. The van der Waals surface area contributed by atoms with Crippen molar-refractivity contribution < 1.29 is 8.78 Å². The highest BCUT2D eigenvalue weighted by Crippen LogP contribution is 2.34. The van der Waals surface area contributed by atoms with E-state index in [9.17, 15) is 8.78 Å². The average Bonchev–Trinajstić information content (AvgIpc) is 3.21. The fourth-order valence-corrected chi connectivity index (χ4v) is 3.50. The lowest BCUT2D eigenvalue weighted by molar-refractivity contribution is 0.172. The van der Waals surface area contributed by atoms with Crippen LogP contribution in [0.2, 0.25) is 0 Å². The highest BCUT2D eigenvalue weighted by atomic mass is 19.2. The summed E-state index contributed by atoms with van der Waals surface area (Å²) in [6.07, 6.45) is 6.27. The van der Waals surface area contributed by atoms with Gasteiger partial charge in [-0.3, -0.25) is 5.10 Å². The van der Waals surface area contributed by atoms with Crippen molar-refractivity contribution >= 4 is 0 Å². The van der Waals surface area contributed by atoms with Gasteiger partial charge in [0.2, 0.25) is 0 Å². The van der Waals surface area contributed by atoms with Crippen LogP contribution in [0.25, 0.3) is 11.4 Å². The molecule has 1 aliphatic rings. The topological polar surface area (TPSA) is 48.1 Å². The van der Waals surface area contributed by atoms with E-state index in [1.54, 1.807) is 0 Å². The molecule has 1 unspecified atom stereocenters. The van der Waals surface area contributed by atoms with E-state index in [-0.39, 0.29) is 11.6 Å². The van der Waals surface area contributed by atoms with Crippen molar-refractivity contribution in [3.8, 4) is 11.4 Å². The zero-order chi connectivity index (χ0) is 20.5. The summed E-state index contributed by atoms with van der Waals surface area (Å²) in [7, 11) is 4.24. The number of halogens is 2. The van der Waals surface area contributed by atoms with Gasteiger partial charge in [-0.05, 0) is 36.5 Å². The highest BCUT2D eigenvalue weighted by Gasteiger charge is 2.30. The van der Waals surface area contributed by atoms with Crippen molar-refractivity contribution in [2.75, 3.05) is 14.1 Å². The van der Waals surface area contributed by atoms with E-state index in [0.29, 0.717) is 17.8 Å². The number of benzene rings is 1. The van der Waals surface area contributed by atoms with Crippen LogP contribution in [0.1, 0.15) is 45.9 Å². The number of nitrogens with zero attached hydrogens (tertiary/aromatic N) is 4. The van der Waals surface area contributed by atoms with E-state index >= 15 is 0 Å². The number of H-pyrrole nitrogens is 1. The Hall–Kier alpha value is -2.44. The summed E-state index contributed by atoms with van der Waals surface area (Å²) in [5.74, 6) is -0.651. The van der Waals surface area contributed by atoms with Gasteiger partial charge in [0.1, 0.15) is 12.0 Å². The van der Waals surface area contributed by atoms with Crippen LogP contribution in [0.4, 0.5) is 8.78 Å². The van der Waals surface area contributed by atoms with Gasteiger partial charge in [-0.15, -0.1) is 0 Å². The van der Waals surface area contributed by atoms with E-state index in [1.807, 2.05) is 0 Å². The Morgan fingerprint density at radius 1 is 1.18 bits per heavy atom. The molecule has 1 aromatic heterocycles. The number of aromatic amines is 1. The first kappa shape index (κ1) is 20.3. The summed E-state index contributed by atoms with van der Waals surface area (Å²) in [6, 6.07) is 3.69. The van der Waals surface area contributed by atoms with Gasteiger partial charge in [0.15, 0.2) is 17.5 Å². The quantitative estimate of drug-likeness (QED) is 0.755. The minimum absolute atomic E-state index is 0.263. The van der Waals surface area contributed by atoms with Gasteiger partial charge in [-0.2, -0.15) is 5.10 Å². The molecule has 0 saturated carbocycles. The lowest BCUT2D eigenvalue weighted by atomic mass is 9.85. The first-order valence-electron chi connectivity index (χ1n) is 9.72. The number of aromatic nitrogens is 3. The average molecular weight is 389 g/mol. The number of aryl methyl sites for hydroxylation is 1. The molecule has 5 nitrogen and oxygen atoms in total. The molecule has 0 aliphatic carbocycles. The summed E-state index contributed by atoms with van der Waals surface area (Å²) >= 11 is 0. The van der Waals surface area contributed by atoms with Crippen LogP contribution in [0.5, 0.6) is 0 Å². The molecule has 152 valence electrons. The molecular weight excluding hydrogens is 360 g/mol. The monoisotopic (exact) mass is 389 g/mol. The molecule has 0 bridgehead atoms. The Morgan fingerprint density at radius 2 is 1.93 bits per heavy atom. The van der Waals surface area contributed by atoms with E-state index in [0.717, 1.165) is 37.2 Å². The second-order valence-electron chi connectivity index (χ2n) is 8.35. The van der Waals surface area contributed by atoms with Gasteiger partial charge < -0.3 is 9.80 Å². The van der Waals surface area contributed by atoms with Crippen LogP contribution in [0.15, 0.2) is 30.1 Å². The molecule has 28 heavy (non-hydrogen) atoms. The number of hydrogen-bond donors (Lipinski definition) is 1. The van der Waals surface area contributed by atoms with Crippen LogP contribution in [-0.2, 0) is 6.42 Å². The molecule has 1 atom stereocenters. The maximum Gasteiger partial charge on any atom is 0.181 e. The molecule has 0 spiro atoms. The van der Waals surface area contributed by atoms with Crippen molar-refractivity contribution in [3.05, 3.63) is 47.6 Å². The van der Waals surface area contributed by atoms with Crippen molar-refractivity contribution in [2.24, 2.45) is 5.41 Å². The van der Waals surface area contributed by atoms with Crippen LogP contribution >= 0.6 is 0 Å². The molecule has 0 amide bonds. The maximum absolute atomic E-state index is 13.4. The first-order chi connectivity index (χ1) is 13.2. The van der Waals surface area contributed by atoms with E-state index in [2.05, 4.69) is 66.0 Å². The van der Waals surface area contributed by atoms with Crippen LogP contribution in [-0.4, -0.2) is 45.2 Å². The first-order valence-corrected chi connectivity index (χ1v) is 9.72. The molecule has 0 radical (unpaired) electrons.